The van der Waals surface area contributed by atoms with E-state index in [0.29, 0.717) is 27.0 Å². The maximum atomic E-state index is 12.9. The zero-order valence-corrected chi connectivity index (χ0v) is 18.1. The summed E-state index contributed by atoms with van der Waals surface area (Å²) in [6, 6.07) is 12.1. The molecule has 0 heterocycles. The molecule has 0 radical (unpaired) electrons. The highest BCUT2D eigenvalue weighted by Gasteiger charge is 2.20. The molecular formula is C22H19Cl2NO7. The number of rotatable bonds is 9. The first kappa shape index (κ1) is 23.8. The normalized spacial score (nSPS) is 10.9. The van der Waals surface area contributed by atoms with E-state index in [-0.39, 0.29) is 36.2 Å². The number of ether oxygens (including phenoxy) is 1. The van der Waals surface area contributed by atoms with Crippen LogP contribution < -0.4 is 9.80 Å². The van der Waals surface area contributed by atoms with Crippen LogP contribution in [0.5, 0.6) is 5.75 Å². The van der Waals surface area contributed by atoms with E-state index in [1.54, 1.807) is 30.3 Å². The number of hydrogen-bond donors (Lipinski definition) is 3. The molecular weight excluding hydrogens is 461 g/mol. The number of aliphatic hydroxyl groups excluding tert-OH is 2. The third kappa shape index (κ3) is 5.48. The van der Waals surface area contributed by atoms with E-state index in [1.165, 1.54) is 18.2 Å². The van der Waals surface area contributed by atoms with Gasteiger partial charge in [-0.2, -0.15) is 5.06 Å². The summed E-state index contributed by atoms with van der Waals surface area (Å²) < 4.78 is 5.66. The lowest BCUT2D eigenvalue weighted by Crippen LogP contribution is -2.36. The summed E-state index contributed by atoms with van der Waals surface area (Å²) >= 11 is 12.3. The highest BCUT2D eigenvalue weighted by atomic mass is 35.5. The summed E-state index contributed by atoms with van der Waals surface area (Å²) in [6.45, 7) is -1.24. The molecule has 0 fully saturated rings. The number of halogens is 2. The van der Waals surface area contributed by atoms with Gasteiger partial charge in [-0.05, 0) is 47.3 Å². The molecule has 8 nitrogen and oxygen atoms in total. The van der Waals surface area contributed by atoms with Gasteiger partial charge in [-0.25, -0.2) is 4.79 Å². The topological polar surface area (TPSA) is 117 Å². The molecule has 3 N–H and O–H groups in total. The van der Waals surface area contributed by atoms with Gasteiger partial charge in [-0.1, -0.05) is 35.3 Å². The number of benzene rings is 3. The molecule has 168 valence electrons. The number of carboxylic acids is 1. The van der Waals surface area contributed by atoms with Crippen molar-refractivity contribution >= 4 is 51.5 Å². The number of hydrogen-bond acceptors (Lipinski definition) is 6. The number of carbonyl (C=O) groups excluding carboxylic acids is 1. The predicted octanol–water partition coefficient (Wildman–Crippen LogP) is 3.67. The largest absolute Gasteiger partial charge is 0.483 e. The van der Waals surface area contributed by atoms with Gasteiger partial charge < -0.3 is 20.1 Å². The molecule has 0 unspecified atom stereocenters. The number of aromatic carboxylic acids is 1. The lowest BCUT2D eigenvalue weighted by Gasteiger charge is -2.22. The minimum Gasteiger partial charge on any atom is -0.483 e. The van der Waals surface area contributed by atoms with Crippen molar-refractivity contribution in [2.24, 2.45) is 0 Å². The van der Waals surface area contributed by atoms with Crippen LogP contribution in [0.4, 0.5) is 5.69 Å². The Balaban J connectivity index is 1.92. The van der Waals surface area contributed by atoms with E-state index in [9.17, 15) is 19.8 Å². The molecule has 0 spiro atoms. The first-order valence-corrected chi connectivity index (χ1v) is 10.1. The van der Waals surface area contributed by atoms with E-state index in [4.69, 9.17) is 37.9 Å². The molecule has 0 atom stereocenters. The van der Waals surface area contributed by atoms with Crippen molar-refractivity contribution in [1.82, 2.24) is 0 Å². The van der Waals surface area contributed by atoms with Crippen molar-refractivity contribution in [2.45, 2.75) is 6.61 Å². The van der Waals surface area contributed by atoms with Gasteiger partial charge in [0.15, 0.2) is 6.61 Å². The Labute approximate surface area is 193 Å². The number of carbonyl (C=O) groups is 2. The van der Waals surface area contributed by atoms with Gasteiger partial charge in [0.05, 0.1) is 36.1 Å². The maximum Gasteiger partial charge on any atom is 0.335 e. The number of anilines is 1. The van der Waals surface area contributed by atoms with Crippen LogP contribution in [0.1, 0.15) is 15.9 Å². The Morgan fingerprint density at radius 3 is 2.50 bits per heavy atom. The molecule has 0 aliphatic heterocycles. The van der Waals surface area contributed by atoms with Crippen LogP contribution in [-0.4, -0.2) is 47.0 Å². The van der Waals surface area contributed by atoms with E-state index in [0.717, 1.165) is 5.06 Å². The van der Waals surface area contributed by atoms with Gasteiger partial charge in [0, 0.05) is 10.4 Å². The SMILES string of the molecule is O=C(O)c1cc(OCC(=O)N(OCCO)c2cccc(CO)c2)c2c(Cl)cc(Cl)cc2c1. The average molecular weight is 480 g/mol. The van der Waals surface area contributed by atoms with Crippen molar-refractivity contribution < 1.29 is 34.5 Å². The van der Waals surface area contributed by atoms with E-state index in [2.05, 4.69) is 0 Å². The zero-order chi connectivity index (χ0) is 23.3. The van der Waals surface area contributed by atoms with E-state index in [1.807, 2.05) is 0 Å². The van der Waals surface area contributed by atoms with E-state index < -0.39 is 18.5 Å². The molecule has 10 heteroatoms. The fourth-order valence-electron chi connectivity index (χ4n) is 3.03. The molecule has 0 saturated heterocycles. The smallest absolute Gasteiger partial charge is 0.335 e. The van der Waals surface area contributed by atoms with Crippen LogP contribution in [-0.2, 0) is 16.2 Å². The molecule has 3 rings (SSSR count). The fourth-order valence-corrected chi connectivity index (χ4v) is 3.63. The standard InChI is InChI=1S/C22H19Cl2NO7/c23-16-8-14-7-15(22(29)30)9-19(21(14)18(24)10-16)31-12-20(28)25(32-5-4-26)17-3-1-2-13(6-17)11-27/h1-3,6-10,26-27H,4-5,11-12H2,(H,29,30). The highest BCUT2D eigenvalue weighted by molar-refractivity contribution is 6.39. The first-order valence-electron chi connectivity index (χ1n) is 9.39. The molecule has 3 aromatic carbocycles. The number of hydroxylamine groups is 1. The fraction of sp³-hybridized carbons (Fsp3) is 0.182. The summed E-state index contributed by atoms with van der Waals surface area (Å²) in [5, 5.41) is 30.2. The lowest BCUT2D eigenvalue weighted by atomic mass is 10.1. The molecule has 0 saturated carbocycles. The van der Waals surface area contributed by atoms with Gasteiger partial charge in [0.25, 0.3) is 5.91 Å². The van der Waals surface area contributed by atoms with Crippen LogP contribution in [0.15, 0.2) is 48.5 Å². The number of amides is 1. The molecule has 0 bridgehead atoms. The molecule has 1 amide bonds. The van der Waals surface area contributed by atoms with Gasteiger partial charge in [0.2, 0.25) is 0 Å². The molecule has 3 aromatic rings. The third-order valence-corrected chi connectivity index (χ3v) is 4.91. The van der Waals surface area contributed by atoms with Crippen LogP contribution in [0, 0.1) is 0 Å². The second-order valence-corrected chi connectivity index (χ2v) is 7.47. The Morgan fingerprint density at radius 1 is 1.03 bits per heavy atom. The lowest BCUT2D eigenvalue weighted by molar-refractivity contribution is -0.128. The Hall–Kier alpha value is -2.88. The van der Waals surface area contributed by atoms with Gasteiger partial charge in [0.1, 0.15) is 5.75 Å². The Morgan fingerprint density at radius 2 is 1.81 bits per heavy atom. The van der Waals surface area contributed by atoms with Crippen molar-refractivity contribution in [3.05, 3.63) is 69.7 Å². The van der Waals surface area contributed by atoms with Gasteiger partial charge >= 0.3 is 5.97 Å². The maximum absolute atomic E-state index is 12.9. The van der Waals surface area contributed by atoms with Gasteiger partial charge in [-0.15, -0.1) is 0 Å². The number of nitrogens with zero attached hydrogens (tertiary/aromatic N) is 1. The molecule has 0 aliphatic rings. The number of aliphatic hydroxyl groups is 2. The Bertz CT molecular complexity index is 1150. The summed E-state index contributed by atoms with van der Waals surface area (Å²) in [7, 11) is 0. The van der Waals surface area contributed by atoms with Gasteiger partial charge in [-0.3, -0.25) is 9.63 Å². The molecule has 0 aromatic heterocycles. The van der Waals surface area contributed by atoms with Crippen molar-refractivity contribution in [3.8, 4) is 5.75 Å². The Kier molecular flexibility index (Phi) is 7.89. The van der Waals surface area contributed by atoms with Crippen LogP contribution in [0.3, 0.4) is 0 Å². The molecule has 32 heavy (non-hydrogen) atoms. The summed E-state index contributed by atoms with van der Waals surface area (Å²) in [5.74, 6) is -1.73. The summed E-state index contributed by atoms with van der Waals surface area (Å²) in [4.78, 5) is 29.7. The second-order valence-electron chi connectivity index (χ2n) is 6.63. The number of fused-ring (bicyclic) bond motifs is 1. The van der Waals surface area contributed by atoms with Crippen LogP contribution in [0.2, 0.25) is 10.0 Å². The molecule has 0 aliphatic carbocycles. The predicted molar refractivity (Wildman–Crippen MR) is 119 cm³/mol. The minimum atomic E-state index is -1.19. The van der Waals surface area contributed by atoms with Crippen molar-refractivity contribution in [3.63, 3.8) is 0 Å². The number of carboxylic acid groups (broad SMARTS) is 1. The quantitative estimate of drug-likeness (QED) is 0.400. The average Bonchev–Trinajstić information content (AvgIpc) is 2.77. The minimum absolute atomic E-state index is 0.0673. The monoisotopic (exact) mass is 479 g/mol. The summed E-state index contributed by atoms with van der Waals surface area (Å²) in [5.41, 5.74) is 0.813. The van der Waals surface area contributed by atoms with E-state index >= 15 is 0 Å². The highest BCUT2D eigenvalue weighted by Crippen LogP contribution is 2.36. The van der Waals surface area contributed by atoms with Crippen molar-refractivity contribution in [1.29, 1.82) is 0 Å². The van der Waals surface area contributed by atoms with Crippen molar-refractivity contribution in [2.75, 3.05) is 24.9 Å². The zero-order valence-electron chi connectivity index (χ0n) is 16.6. The summed E-state index contributed by atoms with van der Waals surface area (Å²) in [6.07, 6.45) is 0. The first-order chi connectivity index (χ1) is 15.3. The third-order valence-electron chi connectivity index (χ3n) is 4.39. The second kappa shape index (κ2) is 10.6. The van der Waals surface area contributed by atoms with Crippen LogP contribution >= 0.6 is 23.2 Å². The van der Waals surface area contributed by atoms with Crippen LogP contribution in [0.25, 0.3) is 10.8 Å².